The molecular formula is C18H23N3O4S2. The number of benzene rings is 1. The van der Waals surface area contributed by atoms with Crippen LogP contribution in [-0.4, -0.2) is 31.7 Å². The van der Waals surface area contributed by atoms with Gasteiger partial charge < -0.3 is 10.1 Å². The number of thiazole rings is 1. The lowest BCUT2D eigenvalue weighted by Crippen LogP contribution is -2.30. The standard InChI is InChI=1S/C18H23N3O4S2/c1-3-4-9-27(23,24)21-18-20-16(11-26-18)13-5-6-17-14(10-13)15(7-8-25-17)19-12(2)22/h5-6,10-11,15H,3-4,7-9H2,1-2H3,(H,19,22)(H,20,21). The van der Waals surface area contributed by atoms with Crippen molar-refractivity contribution in [1.29, 1.82) is 0 Å². The third kappa shape index (κ3) is 4.98. The lowest BCUT2D eigenvalue weighted by atomic mass is 9.97. The van der Waals surface area contributed by atoms with Crippen molar-refractivity contribution in [2.45, 2.75) is 39.2 Å². The number of nitrogens with one attached hydrogen (secondary N) is 2. The van der Waals surface area contributed by atoms with Crippen molar-refractivity contribution >= 4 is 32.4 Å². The molecule has 0 saturated heterocycles. The Kier molecular flexibility index (Phi) is 6.01. The molecule has 0 aliphatic carbocycles. The highest BCUT2D eigenvalue weighted by atomic mass is 32.2. The van der Waals surface area contributed by atoms with Crippen molar-refractivity contribution in [2.75, 3.05) is 17.1 Å². The Labute approximate surface area is 163 Å². The normalized spacial score (nSPS) is 16.3. The highest BCUT2D eigenvalue weighted by molar-refractivity contribution is 7.92. The number of fused-ring (bicyclic) bond motifs is 1. The van der Waals surface area contributed by atoms with Gasteiger partial charge in [0.15, 0.2) is 5.13 Å². The molecular weight excluding hydrogens is 386 g/mol. The van der Waals surface area contributed by atoms with Crippen LogP contribution < -0.4 is 14.8 Å². The number of nitrogens with zero attached hydrogens (tertiary/aromatic N) is 1. The van der Waals surface area contributed by atoms with E-state index in [1.165, 1.54) is 18.3 Å². The van der Waals surface area contributed by atoms with E-state index in [0.29, 0.717) is 30.3 Å². The Bertz CT molecular complexity index is 924. The maximum atomic E-state index is 12.0. The number of sulfonamides is 1. The van der Waals surface area contributed by atoms with Crippen LogP contribution in [0, 0.1) is 0 Å². The molecule has 1 atom stereocenters. The predicted octanol–water partition coefficient (Wildman–Crippen LogP) is 3.31. The molecule has 1 aromatic carbocycles. The second kappa shape index (κ2) is 8.26. The Balaban J connectivity index is 1.82. The highest BCUT2D eigenvalue weighted by Crippen LogP contribution is 2.36. The molecule has 0 spiro atoms. The van der Waals surface area contributed by atoms with Crippen molar-refractivity contribution < 1.29 is 17.9 Å². The molecule has 0 radical (unpaired) electrons. The first-order valence-electron chi connectivity index (χ1n) is 8.88. The first-order valence-corrected chi connectivity index (χ1v) is 11.4. The summed E-state index contributed by atoms with van der Waals surface area (Å²) in [4.78, 5) is 15.9. The topological polar surface area (TPSA) is 97.4 Å². The van der Waals surface area contributed by atoms with Crippen LogP contribution in [0.3, 0.4) is 0 Å². The van der Waals surface area contributed by atoms with Gasteiger partial charge in [-0.05, 0) is 24.6 Å². The summed E-state index contributed by atoms with van der Waals surface area (Å²) in [6, 6.07) is 5.60. The summed E-state index contributed by atoms with van der Waals surface area (Å²) in [5.41, 5.74) is 2.44. The number of aromatic nitrogens is 1. The van der Waals surface area contributed by atoms with Crippen LogP contribution in [0.15, 0.2) is 23.6 Å². The highest BCUT2D eigenvalue weighted by Gasteiger charge is 2.23. The number of carbonyl (C=O) groups is 1. The minimum absolute atomic E-state index is 0.0873. The molecule has 1 amide bonds. The minimum Gasteiger partial charge on any atom is -0.493 e. The van der Waals surface area contributed by atoms with Crippen LogP contribution >= 0.6 is 11.3 Å². The molecule has 9 heteroatoms. The Morgan fingerprint density at radius 1 is 1.41 bits per heavy atom. The van der Waals surface area contributed by atoms with Gasteiger partial charge in [-0.25, -0.2) is 13.4 Å². The van der Waals surface area contributed by atoms with Gasteiger partial charge >= 0.3 is 0 Å². The molecule has 1 aliphatic rings. The van der Waals surface area contributed by atoms with Gasteiger partial charge in [-0.2, -0.15) is 0 Å². The smallest absolute Gasteiger partial charge is 0.234 e. The van der Waals surface area contributed by atoms with E-state index in [1.54, 1.807) is 0 Å². The zero-order valence-corrected chi connectivity index (χ0v) is 17.0. The lowest BCUT2D eigenvalue weighted by molar-refractivity contribution is -0.119. The number of unbranched alkanes of at least 4 members (excludes halogenated alkanes) is 1. The Morgan fingerprint density at radius 2 is 2.22 bits per heavy atom. The van der Waals surface area contributed by atoms with Crippen molar-refractivity contribution in [2.24, 2.45) is 0 Å². The lowest BCUT2D eigenvalue weighted by Gasteiger charge is -2.26. The fraction of sp³-hybridized carbons (Fsp3) is 0.444. The summed E-state index contributed by atoms with van der Waals surface area (Å²) in [7, 11) is -3.37. The van der Waals surface area contributed by atoms with Gasteiger partial charge in [0.05, 0.1) is 24.1 Å². The fourth-order valence-corrected chi connectivity index (χ4v) is 5.14. The van der Waals surface area contributed by atoms with E-state index in [1.807, 2.05) is 30.5 Å². The summed E-state index contributed by atoms with van der Waals surface area (Å²) in [5, 5.41) is 5.12. The summed E-state index contributed by atoms with van der Waals surface area (Å²) in [5.74, 6) is 0.752. The molecule has 1 aromatic heterocycles. The zero-order chi connectivity index (χ0) is 19.4. The van der Waals surface area contributed by atoms with Crippen molar-refractivity contribution in [3.05, 3.63) is 29.1 Å². The third-order valence-corrected chi connectivity index (χ3v) is 6.45. The van der Waals surface area contributed by atoms with Crippen LogP contribution in [0.25, 0.3) is 11.3 Å². The fourth-order valence-electron chi connectivity index (χ4n) is 2.92. The summed E-state index contributed by atoms with van der Waals surface area (Å²) >= 11 is 1.25. The first kappa shape index (κ1) is 19.6. The maximum Gasteiger partial charge on any atom is 0.234 e. The monoisotopic (exact) mass is 409 g/mol. The second-order valence-corrected chi connectivity index (χ2v) is 9.16. The Morgan fingerprint density at radius 3 is 2.96 bits per heavy atom. The molecule has 1 unspecified atom stereocenters. The van der Waals surface area contributed by atoms with Crippen LogP contribution in [0.2, 0.25) is 0 Å². The molecule has 2 N–H and O–H groups in total. The number of ether oxygens (including phenoxy) is 1. The first-order chi connectivity index (χ1) is 12.9. The van der Waals surface area contributed by atoms with Crippen LogP contribution in [-0.2, 0) is 14.8 Å². The van der Waals surface area contributed by atoms with Crippen LogP contribution in [0.5, 0.6) is 5.75 Å². The molecule has 3 rings (SSSR count). The summed E-state index contributed by atoms with van der Waals surface area (Å²) < 4.78 is 32.3. The van der Waals surface area contributed by atoms with Crippen molar-refractivity contribution in [3.63, 3.8) is 0 Å². The van der Waals surface area contributed by atoms with E-state index in [0.717, 1.165) is 23.3 Å². The quantitative estimate of drug-likeness (QED) is 0.731. The number of anilines is 1. The van der Waals surface area contributed by atoms with Gasteiger partial charge in [0.25, 0.3) is 0 Å². The Hall–Kier alpha value is -2.13. The molecule has 2 aromatic rings. The van der Waals surface area contributed by atoms with E-state index in [4.69, 9.17) is 4.74 Å². The molecule has 2 heterocycles. The van der Waals surface area contributed by atoms with Gasteiger partial charge in [-0.15, -0.1) is 11.3 Å². The molecule has 0 bridgehead atoms. The van der Waals surface area contributed by atoms with Crippen LogP contribution in [0.1, 0.15) is 44.7 Å². The molecule has 146 valence electrons. The van der Waals surface area contributed by atoms with Crippen molar-refractivity contribution in [1.82, 2.24) is 10.3 Å². The summed E-state index contributed by atoms with van der Waals surface area (Å²) in [6.07, 6.45) is 2.13. The van der Waals surface area contributed by atoms with Gasteiger partial charge in [-0.1, -0.05) is 13.3 Å². The van der Waals surface area contributed by atoms with Gasteiger partial charge in [-0.3, -0.25) is 9.52 Å². The van der Waals surface area contributed by atoms with Gasteiger partial charge in [0.2, 0.25) is 15.9 Å². The SMILES string of the molecule is CCCCS(=O)(=O)Nc1nc(-c2ccc3c(c2)C(NC(C)=O)CCO3)cs1. The molecule has 1 aliphatic heterocycles. The number of hydrogen-bond acceptors (Lipinski definition) is 6. The third-order valence-electron chi connectivity index (χ3n) is 4.24. The van der Waals surface area contributed by atoms with E-state index >= 15 is 0 Å². The molecule has 7 nitrogen and oxygen atoms in total. The van der Waals surface area contributed by atoms with E-state index in [9.17, 15) is 13.2 Å². The zero-order valence-electron chi connectivity index (χ0n) is 15.3. The average Bonchev–Trinajstić information content (AvgIpc) is 3.07. The van der Waals surface area contributed by atoms with E-state index < -0.39 is 10.0 Å². The number of amides is 1. The number of hydrogen-bond donors (Lipinski definition) is 2. The summed E-state index contributed by atoms with van der Waals surface area (Å²) in [6.45, 7) is 4.00. The van der Waals surface area contributed by atoms with Gasteiger partial charge in [0.1, 0.15) is 5.75 Å². The van der Waals surface area contributed by atoms with E-state index in [-0.39, 0.29) is 17.7 Å². The van der Waals surface area contributed by atoms with Crippen LogP contribution in [0.4, 0.5) is 5.13 Å². The predicted molar refractivity (Wildman–Crippen MR) is 107 cm³/mol. The maximum absolute atomic E-state index is 12.0. The molecule has 0 saturated carbocycles. The number of rotatable bonds is 7. The average molecular weight is 410 g/mol. The minimum atomic E-state index is -3.37. The number of carbonyl (C=O) groups excluding carboxylic acids is 1. The van der Waals surface area contributed by atoms with Gasteiger partial charge in [0, 0.05) is 29.9 Å². The van der Waals surface area contributed by atoms with E-state index in [2.05, 4.69) is 15.0 Å². The molecule has 27 heavy (non-hydrogen) atoms. The van der Waals surface area contributed by atoms with Crippen molar-refractivity contribution in [3.8, 4) is 17.0 Å². The molecule has 0 fully saturated rings. The second-order valence-electron chi connectivity index (χ2n) is 6.46. The largest absolute Gasteiger partial charge is 0.493 e.